The van der Waals surface area contributed by atoms with E-state index < -0.39 is 31.5 Å². The van der Waals surface area contributed by atoms with Gasteiger partial charge in [0.1, 0.15) is 4.90 Å². The Labute approximate surface area is 174 Å². The highest BCUT2D eigenvalue weighted by Crippen LogP contribution is 2.29. The molecule has 154 valence electrons. The van der Waals surface area contributed by atoms with E-state index >= 15 is 0 Å². The van der Waals surface area contributed by atoms with Crippen molar-refractivity contribution in [3.8, 4) is 0 Å². The number of non-ortho nitro benzene ring substituents is 1. The molecule has 0 fully saturated rings. The van der Waals surface area contributed by atoms with Crippen LogP contribution in [-0.4, -0.2) is 30.6 Å². The lowest BCUT2D eigenvalue weighted by molar-refractivity contribution is -0.385. The fraction of sp³-hybridized carbons (Fsp3) is 0. The smallest absolute Gasteiger partial charge is 0.337 e. The second kappa shape index (κ2) is 8.71. The molecule has 0 saturated carbocycles. The summed E-state index contributed by atoms with van der Waals surface area (Å²) in [6.07, 6.45) is 1.46. The van der Waals surface area contributed by atoms with Crippen LogP contribution in [0.1, 0.15) is 15.9 Å². The minimum atomic E-state index is -4.39. The first-order chi connectivity index (χ1) is 14.3. The summed E-state index contributed by atoms with van der Waals surface area (Å²) in [5.41, 5.74) is 2.43. The zero-order valence-electron chi connectivity index (χ0n) is 15.1. The van der Waals surface area contributed by atoms with E-state index in [1.807, 2.05) is 10.8 Å². The third kappa shape index (κ3) is 4.79. The highest BCUT2D eigenvalue weighted by molar-refractivity contribution is 7.93. The first-order valence-corrected chi connectivity index (χ1v) is 10.7. The van der Waals surface area contributed by atoms with Crippen molar-refractivity contribution in [2.24, 2.45) is 5.10 Å². The van der Waals surface area contributed by atoms with Gasteiger partial charge in [0.2, 0.25) is 0 Å². The number of rotatable bonds is 8. The monoisotopic (exact) mass is 446 g/mol. The Balaban J connectivity index is 2.00. The average Bonchev–Trinajstić information content (AvgIpc) is 3.21. The molecule has 0 aliphatic rings. The summed E-state index contributed by atoms with van der Waals surface area (Å²) in [6, 6.07) is 10.4. The fourth-order valence-electron chi connectivity index (χ4n) is 2.42. The van der Waals surface area contributed by atoms with Gasteiger partial charge in [-0.05, 0) is 35.0 Å². The molecule has 0 radical (unpaired) electrons. The molecule has 12 heteroatoms. The van der Waals surface area contributed by atoms with Gasteiger partial charge in [-0.15, -0.1) is 0 Å². The van der Waals surface area contributed by atoms with E-state index in [9.17, 15) is 28.4 Å². The minimum absolute atomic E-state index is 0.0209. The highest BCUT2D eigenvalue weighted by atomic mass is 32.2. The molecular weight excluding hydrogens is 432 g/mol. The minimum Gasteiger partial charge on any atom is -0.478 e. The summed E-state index contributed by atoms with van der Waals surface area (Å²) in [5, 5.41) is 28.0. The van der Waals surface area contributed by atoms with Crippen LogP contribution in [0.25, 0.3) is 0 Å². The SMILES string of the molecule is O=C(O)c1ccccc1NS(=O)(=O)c1cc([N+](=O)[O-])ccc1N/N=C/c1ccsc1. The number of sulfonamides is 1. The number of para-hydroxylation sites is 1. The molecular formula is C18H14N4O6S2. The van der Waals surface area contributed by atoms with Crippen molar-refractivity contribution in [1.82, 2.24) is 0 Å². The highest BCUT2D eigenvalue weighted by Gasteiger charge is 2.24. The second-order valence-corrected chi connectivity index (χ2v) is 8.25. The Morgan fingerprint density at radius 1 is 1.17 bits per heavy atom. The lowest BCUT2D eigenvalue weighted by Crippen LogP contribution is -2.17. The van der Waals surface area contributed by atoms with Crippen LogP contribution in [0.5, 0.6) is 0 Å². The number of anilines is 2. The summed E-state index contributed by atoms with van der Waals surface area (Å²) >= 11 is 1.46. The Bertz CT molecular complexity index is 1220. The first-order valence-electron chi connectivity index (χ1n) is 8.23. The molecule has 1 heterocycles. The molecule has 0 atom stereocenters. The number of hydrogen-bond donors (Lipinski definition) is 3. The van der Waals surface area contributed by atoms with Gasteiger partial charge in [-0.25, -0.2) is 13.2 Å². The Hall–Kier alpha value is -3.77. The largest absolute Gasteiger partial charge is 0.478 e. The topological polar surface area (TPSA) is 151 Å². The number of nitrogens with one attached hydrogen (secondary N) is 2. The molecule has 0 spiro atoms. The standard InChI is InChI=1S/C18H14N4O6S2/c23-18(24)14-3-1-2-4-15(14)21-30(27,28)17-9-13(22(25)26)5-6-16(17)20-19-10-12-7-8-29-11-12/h1-11,20-21H,(H,23,24)/b19-10+. The van der Waals surface area contributed by atoms with Gasteiger partial charge in [0, 0.05) is 17.7 Å². The maximum atomic E-state index is 12.9. The second-order valence-electron chi connectivity index (χ2n) is 5.82. The maximum Gasteiger partial charge on any atom is 0.337 e. The van der Waals surface area contributed by atoms with Gasteiger partial charge in [-0.2, -0.15) is 16.4 Å². The van der Waals surface area contributed by atoms with Crippen LogP contribution in [-0.2, 0) is 10.0 Å². The van der Waals surface area contributed by atoms with Crippen LogP contribution < -0.4 is 10.1 Å². The van der Waals surface area contributed by atoms with E-state index in [0.717, 1.165) is 17.7 Å². The number of carboxylic acid groups (broad SMARTS) is 1. The van der Waals surface area contributed by atoms with Crippen molar-refractivity contribution in [2.75, 3.05) is 10.1 Å². The summed E-state index contributed by atoms with van der Waals surface area (Å²) < 4.78 is 28.1. The van der Waals surface area contributed by atoms with Gasteiger partial charge in [0.05, 0.1) is 28.1 Å². The van der Waals surface area contributed by atoms with Crippen LogP contribution in [0.2, 0.25) is 0 Å². The Kier molecular flexibility index (Phi) is 6.09. The molecule has 0 unspecified atom stereocenters. The van der Waals surface area contributed by atoms with E-state index in [1.165, 1.54) is 47.9 Å². The van der Waals surface area contributed by atoms with Crippen LogP contribution in [0.3, 0.4) is 0 Å². The van der Waals surface area contributed by atoms with Crippen molar-refractivity contribution >= 4 is 50.6 Å². The third-order valence-electron chi connectivity index (χ3n) is 3.81. The summed E-state index contributed by atoms with van der Waals surface area (Å²) in [6.45, 7) is 0. The first kappa shape index (κ1) is 21.0. The normalized spacial score (nSPS) is 11.3. The molecule has 0 aliphatic heterocycles. The van der Waals surface area contributed by atoms with Crippen molar-refractivity contribution in [1.29, 1.82) is 0 Å². The quantitative estimate of drug-likeness (QED) is 0.272. The molecule has 10 nitrogen and oxygen atoms in total. The molecule has 0 amide bonds. The van der Waals surface area contributed by atoms with Crippen molar-refractivity contribution in [2.45, 2.75) is 4.90 Å². The molecule has 3 N–H and O–H groups in total. The van der Waals surface area contributed by atoms with Crippen LogP contribution in [0.15, 0.2) is 69.3 Å². The van der Waals surface area contributed by atoms with Crippen LogP contribution in [0.4, 0.5) is 17.1 Å². The molecule has 1 aromatic heterocycles. The number of nitro groups is 1. The predicted octanol–water partition coefficient (Wildman–Crippen LogP) is 3.60. The Morgan fingerprint density at radius 2 is 1.93 bits per heavy atom. The average molecular weight is 446 g/mol. The number of carboxylic acids is 1. The van der Waals surface area contributed by atoms with Crippen LogP contribution >= 0.6 is 11.3 Å². The van der Waals surface area contributed by atoms with Gasteiger partial charge < -0.3 is 5.11 Å². The molecule has 0 saturated heterocycles. The lowest BCUT2D eigenvalue weighted by Gasteiger charge is -2.13. The summed E-state index contributed by atoms with van der Waals surface area (Å²) in [4.78, 5) is 21.3. The number of nitrogens with zero attached hydrogens (tertiary/aromatic N) is 2. The van der Waals surface area contributed by atoms with Gasteiger partial charge in [0.15, 0.2) is 0 Å². The van der Waals surface area contributed by atoms with Crippen LogP contribution in [0, 0.1) is 10.1 Å². The molecule has 3 rings (SSSR count). The Morgan fingerprint density at radius 3 is 2.60 bits per heavy atom. The lowest BCUT2D eigenvalue weighted by atomic mass is 10.2. The summed E-state index contributed by atoms with van der Waals surface area (Å²) in [7, 11) is -4.39. The zero-order chi connectivity index (χ0) is 21.7. The number of hydrazone groups is 1. The number of benzene rings is 2. The van der Waals surface area contributed by atoms with Crippen molar-refractivity contribution in [3.63, 3.8) is 0 Å². The molecule has 0 bridgehead atoms. The van der Waals surface area contributed by atoms with E-state index in [0.29, 0.717) is 0 Å². The number of carbonyl (C=O) groups is 1. The van der Waals surface area contributed by atoms with Gasteiger partial charge >= 0.3 is 5.97 Å². The van der Waals surface area contributed by atoms with E-state index in [2.05, 4.69) is 15.2 Å². The number of hydrogen-bond acceptors (Lipinski definition) is 8. The third-order valence-corrected chi connectivity index (χ3v) is 5.92. The fourth-order valence-corrected chi connectivity index (χ4v) is 4.29. The molecule has 30 heavy (non-hydrogen) atoms. The van der Waals surface area contributed by atoms with E-state index in [1.54, 1.807) is 6.07 Å². The van der Waals surface area contributed by atoms with Gasteiger partial charge in [0.25, 0.3) is 15.7 Å². The van der Waals surface area contributed by atoms with Crippen molar-refractivity contribution < 1.29 is 23.2 Å². The number of nitro benzene ring substituents is 1. The number of aromatic carboxylic acids is 1. The van der Waals surface area contributed by atoms with Gasteiger partial charge in [-0.1, -0.05) is 12.1 Å². The molecule has 3 aromatic rings. The molecule has 0 aliphatic carbocycles. The molecule has 2 aromatic carbocycles. The van der Waals surface area contributed by atoms with Gasteiger partial charge in [-0.3, -0.25) is 20.3 Å². The maximum absolute atomic E-state index is 12.9. The van der Waals surface area contributed by atoms with E-state index in [4.69, 9.17) is 0 Å². The zero-order valence-corrected chi connectivity index (χ0v) is 16.7. The van der Waals surface area contributed by atoms with E-state index in [-0.39, 0.29) is 16.9 Å². The number of thiophene rings is 1. The van der Waals surface area contributed by atoms with Crippen molar-refractivity contribution in [3.05, 3.63) is 80.5 Å². The summed E-state index contributed by atoms with van der Waals surface area (Å²) in [5.74, 6) is -1.33. The predicted molar refractivity (Wildman–Crippen MR) is 113 cm³/mol.